The topological polar surface area (TPSA) is 46.3 Å². The Hall–Kier alpha value is -1.49. The number of nitrogens with zero attached hydrogens (tertiary/aromatic N) is 1. The first-order chi connectivity index (χ1) is 10.5. The predicted molar refractivity (Wildman–Crippen MR) is 80.1 cm³/mol. The lowest BCUT2D eigenvalue weighted by Gasteiger charge is -2.34. The van der Waals surface area contributed by atoms with E-state index in [0.717, 1.165) is 50.8 Å². The van der Waals surface area contributed by atoms with E-state index in [1.54, 1.807) is 6.07 Å². The fourth-order valence-electron chi connectivity index (χ4n) is 3.21. The van der Waals surface area contributed by atoms with Crippen molar-refractivity contribution >= 4 is 5.91 Å². The maximum Gasteiger partial charge on any atom is 0.242 e. The monoisotopic (exact) mass is 308 g/mol. The number of aryl methyl sites for hydroxylation is 1. The molecule has 1 amide bonds. The van der Waals surface area contributed by atoms with Crippen molar-refractivity contribution < 1.29 is 13.6 Å². The molecule has 1 saturated heterocycles. The van der Waals surface area contributed by atoms with Gasteiger partial charge in [0.1, 0.15) is 0 Å². The van der Waals surface area contributed by atoms with Crippen molar-refractivity contribution in [1.82, 2.24) is 4.90 Å². The van der Waals surface area contributed by atoms with E-state index in [1.165, 1.54) is 12.1 Å². The first kappa shape index (κ1) is 15.4. The minimum Gasteiger partial charge on any atom is -0.341 e. The lowest BCUT2D eigenvalue weighted by Crippen LogP contribution is -2.49. The lowest BCUT2D eigenvalue weighted by atomic mass is 9.91. The fraction of sp³-hybridized carbons (Fsp3) is 0.588. The van der Waals surface area contributed by atoms with Crippen molar-refractivity contribution in [1.29, 1.82) is 0 Å². The van der Waals surface area contributed by atoms with Gasteiger partial charge in [0, 0.05) is 13.1 Å². The summed E-state index contributed by atoms with van der Waals surface area (Å²) in [4.78, 5) is 14.2. The van der Waals surface area contributed by atoms with Crippen LogP contribution in [-0.2, 0) is 11.2 Å². The van der Waals surface area contributed by atoms with Crippen LogP contribution in [0.3, 0.4) is 0 Å². The summed E-state index contributed by atoms with van der Waals surface area (Å²) in [5.74, 6) is -1.11. The molecule has 1 aromatic carbocycles. The maximum atomic E-state index is 13.2. The van der Waals surface area contributed by atoms with Gasteiger partial charge in [0.2, 0.25) is 5.91 Å². The van der Waals surface area contributed by atoms with Gasteiger partial charge < -0.3 is 10.6 Å². The van der Waals surface area contributed by atoms with Crippen LogP contribution >= 0.6 is 0 Å². The van der Waals surface area contributed by atoms with Crippen molar-refractivity contribution in [3.8, 4) is 0 Å². The Balaban J connectivity index is 1.54. The van der Waals surface area contributed by atoms with Gasteiger partial charge in [-0.3, -0.25) is 4.79 Å². The molecule has 1 aliphatic heterocycles. The Morgan fingerprint density at radius 1 is 1.32 bits per heavy atom. The number of benzene rings is 1. The number of nitrogens with two attached hydrogens (primary N) is 1. The second-order valence-corrected chi connectivity index (χ2v) is 6.70. The lowest BCUT2D eigenvalue weighted by molar-refractivity contribution is -0.135. The van der Waals surface area contributed by atoms with Gasteiger partial charge in [-0.25, -0.2) is 8.78 Å². The molecule has 1 saturated carbocycles. The van der Waals surface area contributed by atoms with Gasteiger partial charge in [-0.05, 0) is 62.1 Å². The average molecular weight is 308 g/mol. The Labute approximate surface area is 129 Å². The Bertz CT molecular complexity index is 572. The molecule has 2 aliphatic rings. The maximum absolute atomic E-state index is 13.2. The number of piperidine rings is 1. The molecule has 2 fully saturated rings. The smallest absolute Gasteiger partial charge is 0.242 e. The largest absolute Gasteiger partial charge is 0.341 e. The number of rotatable bonds is 4. The van der Waals surface area contributed by atoms with Crippen molar-refractivity contribution in [3.63, 3.8) is 0 Å². The van der Waals surface area contributed by atoms with Gasteiger partial charge in [-0.1, -0.05) is 6.07 Å². The second kappa shape index (κ2) is 5.95. The van der Waals surface area contributed by atoms with Crippen molar-refractivity contribution in [2.45, 2.75) is 44.1 Å². The van der Waals surface area contributed by atoms with E-state index in [-0.39, 0.29) is 5.91 Å². The van der Waals surface area contributed by atoms with Crippen LogP contribution in [-0.4, -0.2) is 29.4 Å². The molecule has 1 heterocycles. The summed E-state index contributed by atoms with van der Waals surface area (Å²) in [5, 5.41) is 0. The molecular formula is C17H22F2N2O. The molecule has 2 N–H and O–H groups in total. The molecule has 1 aliphatic carbocycles. The van der Waals surface area contributed by atoms with Crippen LogP contribution in [0, 0.1) is 17.6 Å². The molecule has 3 rings (SSSR count). The van der Waals surface area contributed by atoms with Crippen LogP contribution in [0.1, 0.15) is 37.7 Å². The van der Waals surface area contributed by atoms with E-state index in [2.05, 4.69) is 0 Å². The molecule has 0 spiro atoms. The van der Waals surface area contributed by atoms with Gasteiger partial charge >= 0.3 is 0 Å². The number of likely N-dealkylation sites (tertiary alicyclic amines) is 1. The number of carbonyl (C=O) groups excluding carboxylic acids is 1. The molecule has 5 heteroatoms. The minimum absolute atomic E-state index is 0.0880. The van der Waals surface area contributed by atoms with E-state index in [9.17, 15) is 13.6 Å². The number of hydrogen-bond donors (Lipinski definition) is 1. The number of carbonyl (C=O) groups is 1. The molecular weight excluding hydrogens is 286 g/mol. The highest BCUT2D eigenvalue weighted by Crippen LogP contribution is 2.35. The standard InChI is InChI=1S/C17H22F2N2O/c18-14-6-5-12(10-15(14)19)3-4-13-2-1-9-21(11-13)16(22)17(20)7-8-17/h5-6,10,13H,1-4,7-9,11,20H2/t13-/m0/s1. The highest BCUT2D eigenvalue weighted by atomic mass is 19.2. The first-order valence-corrected chi connectivity index (χ1v) is 8.00. The van der Waals surface area contributed by atoms with Gasteiger partial charge in [-0.15, -0.1) is 0 Å². The summed E-state index contributed by atoms with van der Waals surface area (Å²) >= 11 is 0. The van der Waals surface area contributed by atoms with Crippen LogP contribution in [0.4, 0.5) is 8.78 Å². The van der Waals surface area contributed by atoms with E-state index in [0.29, 0.717) is 12.3 Å². The fourth-order valence-corrected chi connectivity index (χ4v) is 3.21. The summed E-state index contributed by atoms with van der Waals surface area (Å²) in [6.45, 7) is 1.53. The zero-order valence-corrected chi connectivity index (χ0v) is 12.7. The Morgan fingerprint density at radius 3 is 2.77 bits per heavy atom. The average Bonchev–Trinajstić information content (AvgIpc) is 3.27. The summed E-state index contributed by atoms with van der Waals surface area (Å²) in [5.41, 5.74) is 6.20. The number of hydrogen-bond acceptors (Lipinski definition) is 2. The van der Waals surface area contributed by atoms with Gasteiger partial charge in [-0.2, -0.15) is 0 Å². The zero-order valence-electron chi connectivity index (χ0n) is 12.7. The van der Waals surface area contributed by atoms with Crippen LogP contribution in [0.2, 0.25) is 0 Å². The highest BCUT2D eigenvalue weighted by Gasteiger charge is 2.48. The third kappa shape index (κ3) is 3.29. The van der Waals surface area contributed by atoms with Gasteiger partial charge in [0.05, 0.1) is 5.54 Å². The van der Waals surface area contributed by atoms with Crippen LogP contribution in [0.25, 0.3) is 0 Å². The van der Waals surface area contributed by atoms with Crippen LogP contribution in [0.5, 0.6) is 0 Å². The molecule has 0 unspecified atom stereocenters. The molecule has 1 aromatic rings. The third-order valence-electron chi connectivity index (χ3n) is 4.85. The zero-order chi connectivity index (χ0) is 15.7. The van der Waals surface area contributed by atoms with Crippen LogP contribution < -0.4 is 5.73 Å². The molecule has 0 radical (unpaired) electrons. The van der Waals surface area contributed by atoms with Crippen molar-refractivity contribution in [3.05, 3.63) is 35.4 Å². The normalized spacial score (nSPS) is 23.4. The molecule has 22 heavy (non-hydrogen) atoms. The van der Waals surface area contributed by atoms with Crippen molar-refractivity contribution in [2.75, 3.05) is 13.1 Å². The molecule has 0 bridgehead atoms. The highest BCUT2D eigenvalue weighted by molar-refractivity contribution is 5.89. The molecule has 0 aromatic heterocycles. The van der Waals surface area contributed by atoms with Crippen molar-refractivity contribution in [2.24, 2.45) is 11.7 Å². The molecule has 120 valence electrons. The minimum atomic E-state index is -0.809. The quantitative estimate of drug-likeness (QED) is 0.929. The van der Waals surface area contributed by atoms with Gasteiger partial charge in [0.15, 0.2) is 11.6 Å². The Morgan fingerprint density at radius 2 is 2.09 bits per heavy atom. The summed E-state index contributed by atoms with van der Waals surface area (Å²) < 4.78 is 26.1. The SMILES string of the molecule is NC1(C(=O)N2CCC[C@@H](CCc3ccc(F)c(F)c3)C2)CC1. The number of halogens is 2. The van der Waals surface area contributed by atoms with E-state index in [4.69, 9.17) is 5.73 Å². The van der Waals surface area contributed by atoms with Crippen LogP contribution in [0.15, 0.2) is 18.2 Å². The second-order valence-electron chi connectivity index (χ2n) is 6.70. The summed E-state index contributed by atoms with van der Waals surface area (Å²) in [6.07, 6.45) is 5.24. The number of amides is 1. The van der Waals surface area contributed by atoms with E-state index >= 15 is 0 Å². The third-order valence-corrected chi connectivity index (χ3v) is 4.85. The summed E-state index contributed by atoms with van der Waals surface area (Å²) in [6, 6.07) is 4.07. The molecule has 3 nitrogen and oxygen atoms in total. The predicted octanol–water partition coefficient (Wildman–Crippen LogP) is 2.63. The van der Waals surface area contributed by atoms with E-state index < -0.39 is 17.2 Å². The first-order valence-electron chi connectivity index (χ1n) is 8.00. The molecule has 1 atom stereocenters. The van der Waals surface area contributed by atoms with Gasteiger partial charge in [0.25, 0.3) is 0 Å². The van der Waals surface area contributed by atoms with E-state index in [1.807, 2.05) is 4.90 Å². The summed E-state index contributed by atoms with van der Waals surface area (Å²) in [7, 11) is 0. The Kier molecular flexibility index (Phi) is 4.17.